The van der Waals surface area contributed by atoms with E-state index in [1.54, 1.807) is 10.9 Å². The smallest absolute Gasteiger partial charge is 0.273 e. The molecule has 1 fully saturated rings. The number of hydrogen-bond acceptors (Lipinski definition) is 5. The Kier molecular flexibility index (Phi) is 1.44. The zero-order valence-corrected chi connectivity index (χ0v) is 8.12. The Labute approximate surface area is 83.2 Å². The van der Waals surface area contributed by atoms with Crippen molar-refractivity contribution in [3.63, 3.8) is 0 Å². The van der Waals surface area contributed by atoms with Gasteiger partial charge in [-0.15, -0.1) is 0 Å². The maximum absolute atomic E-state index is 11.9. The van der Waals surface area contributed by atoms with E-state index in [4.69, 9.17) is 5.73 Å². The van der Waals surface area contributed by atoms with Gasteiger partial charge in [-0.25, -0.2) is 9.97 Å². The fourth-order valence-electron chi connectivity index (χ4n) is 1.45. The number of anilines is 1. The maximum atomic E-state index is 11.9. The standard InChI is InChI=1S/C8H8N4OS/c9-8-11-6-5(14-8)7(13)12(3-10-6)4-1-2-4/h3-4H,1-2H2,(H2,9,11). The van der Waals surface area contributed by atoms with Crippen molar-refractivity contribution in [3.8, 4) is 0 Å². The minimum atomic E-state index is -0.00769. The first-order valence-corrected chi connectivity index (χ1v) is 5.20. The molecule has 0 aromatic carbocycles. The summed E-state index contributed by atoms with van der Waals surface area (Å²) in [5, 5.41) is 0.401. The Bertz CT molecular complexity index is 554. The second-order valence-corrected chi connectivity index (χ2v) is 4.42. The second-order valence-electron chi connectivity index (χ2n) is 3.39. The van der Waals surface area contributed by atoms with Crippen LogP contribution in [-0.4, -0.2) is 14.5 Å². The van der Waals surface area contributed by atoms with Crippen LogP contribution < -0.4 is 11.3 Å². The van der Waals surface area contributed by atoms with Crippen LogP contribution in [0.5, 0.6) is 0 Å². The minimum absolute atomic E-state index is 0.00769. The molecule has 5 nitrogen and oxygen atoms in total. The predicted octanol–water partition coefficient (Wildman–Crippen LogP) is 0.770. The molecule has 14 heavy (non-hydrogen) atoms. The molecule has 0 bridgehead atoms. The third kappa shape index (κ3) is 1.04. The van der Waals surface area contributed by atoms with Gasteiger partial charge < -0.3 is 5.73 Å². The highest BCUT2D eigenvalue weighted by Crippen LogP contribution is 2.33. The molecule has 0 aliphatic heterocycles. The number of thiazole rings is 1. The molecule has 2 heterocycles. The molecule has 0 atom stereocenters. The highest BCUT2D eigenvalue weighted by molar-refractivity contribution is 7.21. The van der Waals surface area contributed by atoms with Crippen LogP contribution in [0.25, 0.3) is 10.3 Å². The van der Waals surface area contributed by atoms with E-state index >= 15 is 0 Å². The van der Waals surface area contributed by atoms with Crippen LogP contribution >= 0.6 is 11.3 Å². The summed E-state index contributed by atoms with van der Waals surface area (Å²) in [5.41, 5.74) is 5.98. The van der Waals surface area contributed by atoms with Crippen LogP contribution in [0.1, 0.15) is 18.9 Å². The third-order valence-electron chi connectivity index (χ3n) is 2.30. The van der Waals surface area contributed by atoms with Crippen molar-refractivity contribution in [2.75, 3.05) is 5.73 Å². The lowest BCUT2D eigenvalue weighted by atomic mass is 10.5. The largest absolute Gasteiger partial charge is 0.375 e. The number of aromatic nitrogens is 3. The van der Waals surface area contributed by atoms with E-state index in [1.807, 2.05) is 0 Å². The molecule has 2 aromatic rings. The Morgan fingerprint density at radius 3 is 3.07 bits per heavy atom. The summed E-state index contributed by atoms with van der Waals surface area (Å²) in [6, 6.07) is 0.350. The average Bonchev–Trinajstić information content (AvgIpc) is 2.89. The Balaban J connectivity index is 2.35. The number of nitrogens with zero attached hydrogens (tertiary/aromatic N) is 3. The summed E-state index contributed by atoms with van der Waals surface area (Å²) < 4.78 is 2.25. The predicted molar refractivity (Wildman–Crippen MR) is 54.4 cm³/mol. The Hall–Kier alpha value is -1.43. The van der Waals surface area contributed by atoms with Gasteiger partial charge in [0.2, 0.25) is 0 Å². The SMILES string of the molecule is Nc1nc2ncn(C3CC3)c(=O)c2s1. The third-order valence-corrected chi connectivity index (χ3v) is 3.16. The summed E-state index contributed by atoms with van der Waals surface area (Å²) in [6.07, 6.45) is 3.71. The first-order valence-electron chi connectivity index (χ1n) is 4.39. The first kappa shape index (κ1) is 7.93. The second kappa shape index (κ2) is 2.54. The van der Waals surface area contributed by atoms with Crippen molar-refractivity contribution >= 4 is 26.8 Å². The molecule has 0 amide bonds. The molecule has 1 aliphatic carbocycles. The van der Waals surface area contributed by atoms with E-state index in [0.29, 0.717) is 21.5 Å². The quantitative estimate of drug-likeness (QED) is 0.751. The van der Waals surface area contributed by atoms with E-state index in [1.165, 1.54) is 11.3 Å². The van der Waals surface area contributed by atoms with Crippen molar-refractivity contribution in [2.24, 2.45) is 0 Å². The average molecular weight is 208 g/mol. The lowest BCUT2D eigenvalue weighted by Gasteiger charge is -1.99. The lowest BCUT2D eigenvalue weighted by molar-refractivity contribution is 0.698. The van der Waals surface area contributed by atoms with Gasteiger partial charge >= 0.3 is 0 Å². The summed E-state index contributed by atoms with van der Waals surface area (Å²) in [5.74, 6) is 0. The van der Waals surface area contributed by atoms with Crippen LogP contribution in [0, 0.1) is 0 Å². The summed E-state index contributed by atoms with van der Waals surface area (Å²) in [6.45, 7) is 0. The topological polar surface area (TPSA) is 73.8 Å². The summed E-state index contributed by atoms with van der Waals surface area (Å²) >= 11 is 1.21. The van der Waals surface area contributed by atoms with E-state index in [-0.39, 0.29) is 5.56 Å². The van der Waals surface area contributed by atoms with Crippen LogP contribution in [-0.2, 0) is 0 Å². The van der Waals surface area contributed by atoms with Crippen LogP contribution in [0.4, 0.5) is 5.13 Å². The normalized spacial score (nSPS) is 16.3. The van der Waals surface area contributed by atoms with Gasteiger partial charge in [0, 0.05) is 6.04 Å². The monoisotopic (exact) mass is 208 g/mol. The van der Waals surface area contributed by atoms with Crippen molar-refractivity contribution < 1.29 is 0 Å². The van der Waals surface area contributed by atoms with Gasteiger partial charge in [0.25, 0.3) is 5.56 Å². The maximum Gasteiger partial charge on any atom is 0.273 e. The molecule has 0 radical (unpaired) electrons. The van der Waals surface area contributed by atoms with Gasteiger partial charge in [0.15, 0.2) is 10.8 Å². The highest BCUT2D eigenvalue weighted by atomic mass is 32.1. The van der Waals surface area contributed by atoms with Gasteiger partial charge in [-0.05, 0) is 12.8 Å². The number of nitrogens with two attached hydrogens (primary N) is 1. The van der Waals surface area contributed by atoms with E-state index in [9.17, 15) is 4.79 Å². The van der Waals surface area contributed by atoms with Crippen LogP contribution in [0.2, 0.25) is 0 Å². The van der Waals surface area contributed by atoms with Crippen molar-refractivity contribution in [1.82, 2.24) is 14.5 Å². The van der Waals surface area contributed by atoms with Gasteiger partial charge in [0.1, 0.15) is 11.0 Å². The molecule has 0 saturated heterocycles. The van der Waals surface area contributed by atoms with Gasteiger partial charge in [-0.3, -0.25) is 9.36 Å². The first-order chi connectivity index (χ1) is 6.75. The van der Waals surface area contributed by atoms with Gasteiger partial charge in [0.05, 0.1) is 0 Å². The number of nitrogen functional groups attached to an aromatic ring is 1. The zero-order valence-electron chi connectivity index (χ0n) is 7.30. The number of rotatable bonds is 1. The zero-order chi connectivity index (χ0) is 9.71. The molecule has 0 unspecified atom stereocenters. The lowest BCUT2D eigenvalue weighted by Crippen LogP contribution is -2.18. The Morgan fingerprint density at radius 1 is 1.57 bits per heavy atom. The van der Waals surface area contributed by atoms with Crippen LogP contribution in [0.3, 0.4) is 0 Å². The molecule has 3 rings (SSSR count). The molecule has 0 spiro atoms. The molecule has 1 aliphatic rings. The van der Waals surface area contributed by atoms with E-state index in [0.717, 1.165) is 12.8 Å². The van der Waals surface area contributed by atoms with E-state index in [2.05, 4.69) is 9.97 Å². The Morgan fingerprint density at radius 2 is 2.36 bits per heavy atom. The number of fused-ring (bicyclic) bond motifs is 1. The molecule has 2 N–H and O–H groups in total. The fraction of sp³-hybridized carbons (Fsp3) is 0.375. The molecule has 72 valence electrons. The molecule has 6 heteroatoms. The molecular weight excluding hydrogens is 200 g/mol. The highest BCUT2D eigenvalue weighted by Gasteiger charge is 2.25. The van der Waals surface area contributed by atoms with Crippen molar-refractivity contribution in [3.05, 3.63) is 16.7 Å². The fourth-order valence-corrected chi connectivity index (χ4v) is 2.18. The van der Waals surface area contributed by atoms with E-state index < -0.39 is 0 Å². The summed E-state index contributed by atoms with van der Waals surface area (Å²) in [4.78, 5) is 19.9. The summed E-state index contributed by atoms with van der Waals surface area (Å²) in [7, 11) is 0. The molecule has 1 saturated carbocycles. The van der Waals surface area contributed by atoms with Crippen LogP contribution in [0.15, 0.2) is 11.1 Å². The van der Waals surface area contributed by atoms with Crippen molar-refractivity contribution in [1.29, 1.82) is 0 Å². The van der Waals surface area contributed by atoms with Crippen molar-refractivity contribution in [2.45, 2.75) is 18.9 Å². The van der Waals surface area contributed by atoms with Gasteiger partial charge in [-0.2, -0.15) is 0 Å². The molecule has 2 aromatic heterocycles. The minimum Gasteiger partial charge on any atom is -0.375 e. The number of hydrogen-bond donors (Lipinski definition) is 1. The molecular formula is C8H8N4OS. The van der Waals surface area contributed by atoms with Gasteiger partial charge in [-0.1, -0.05) is 11.3 Å².